The summed E-state index contributed by atoms with van der Waals surface area (Å²) >= 11 is 15.8. The van der Waals surface area contributed by atoms with Gasteiger partial charge in [-0.05, 0) is 77.0 Å². The minimum Gasteiger partial charge on any atom is -0.483 e. The van der Waals surface area contributed by atoms with Crippen LogP contribution in [-0.4, -0.2) is 35.4 Å². The Morgan fingerprint density at radius 1 is 1.03 bits per heavy atom. The Labute approximate surface area is 221 Å². The lowest BCUT2D eigenvalue weighted by molar-refractivity contribution is -0.143. The number of benzene rings is 2. The van der Waals surface area contributed by atoms with Gasteiger partial charge in [-0.3, -0.25) is 9.59 Å². The smallest absolute Gasteiger partial charge is 0.261 e. The Morgan fingerprint density at radius 3 is 2.29 bits per heavy atom. The first-order valence-electron chi connectivity index (χ1n) is 11.5. The van der Waals surface area contributed by atoms with Crippen molar-refractivity contribution < 1.29 is 14.3 Å². The molecule has 8 heteroatoms. The number of hydrogen-bond donors (Lipinski definition) is 1. The van der Waals surface area contributed by atoms with E-state index >= 15 is 0 Å². The zero-order valence-corrected chi connectivity index (χ0v) is 23.4. The van der Waals surface area contributed by atoms with Gasteiger partial charge in [0.2, 0.25) is 5.91 Å². The van der Waals surface area contributed by atoms with Crippen molar-refractivity contribution in [2.24, 2.45) is 0 Å². The Hall–Kier alpha value is -1.76. The molecule has 0 heterocycles. The number of ether oxygens (including phenoxy) is 1. The lowest BCUT2D eigenvalue weighted by Crippen LogP contribution is -2.51. The second-order valence-electron chi connectivity index (χ2n) is 8.65. The molecule has 2 rings (SSSR count). The maximum Gasteiger partial charge on any atom is 0.261 e. The fraction of sp³-hybridized carbons (Fsp3) is 0.462. The molecule has 0 fully saturated rings. The van der Waals surface area contributed by atoms with Crippen molar-refractivity contribution in [2.75, 3.05) is 6.61 Å². The zero-order chi connectivity index (χ0) is 25.4. The van der Waals surface area contributed by atoms with Crippen LogP contribution in [0.2, 0.25) is 10.0 Å². The highest BCUT2D eigenvalue weighted by atomic mass is 79.9. The predicted molar refractivity (Wildman–Crippen MR) is 143 cm³/mol. The molecule has 0 saturated carbocycles. The van der Waals surface area contributed by atoms with E-state index in [4.69, 9.17) is 27.9 Å². The summed E-state index contributed by atoms with van der Waals surface area (Å²) in [6.45, 7) is 10.1. The van der Waals surface area contributed by atoms with Crippen molar-refractivity contribution in [3.8, 4) is 5.75 Å². The normalized spacial score (nSPS) is 12.9. The SMILES string of the molecule is CCC(C)NC(=O)C(CC)N(Cc1ccc(Cl)c(Cl)c1)C(=O)COc1ccc(C(C)C)cc1Br. The molecule has 0 aromatic heterocycles. The first-order valence-corrected chi connectivity index (χ1v) is 13.1. The number of carbonyl (C=O) groups excluding carboxylic acids is 2. The molecule has 186 valence electrons. The van der Waals surface area contributed by atoms with Crippen LogP contribution in [0, 0.1) is 0 Å². The molecule has 1 N–H and O–H groups in total. The number of hydrogen-bond acceptors (Lipinski definition) is 3. The van der Waals surface area contributed by atoms with Gasteiger partial charge in [-0.25, -0.2) is 0 Å². The van der Waals surface area contributed by atoms with Crippen molar-refractivity contribution >= 4 is 50.9 Å². The zero-order valence-electron chi connectivity index (χ0n) is 20.3. The van der Waals surface area contributed by atoms with E-state index in [2.05, 4.69) is 35.1 Å². The monoisotopic (exact) mass is 570 g/mol. The molecule has 34 heavy (non-hydrogen) atoms. The fourth-order valence-corrected chi connectivity index (χ4v) is 4.24. The van der Waals surface area contributed by atoms with Crippen molar-refractivity contribution in [1.29, 1.82) is 0 Å². The fourth-order valence-electron chi connectivity index (χ4n) is 3.41. The van der Waals surface area contributed by atoms with Gasteiger partial charge in [0, 0.05) is 12.6 Å². The number of nitrogens with zero attached hydrogens (tertiary/aromatic N) is 1. The first kappa shape index (κ1) is 28.5. The highest BCUT2D eigenvalue weighted by Crippen LogP contribution is 2.29. The van der Waals surface area contributed by atoms with Gasteiger partial charge >= 0.3 is 0 Å². The maximum atomic E-state index is 13.4. The van der Waals surface area contributed by atoms with Crippen LogP contribution in [0.15, 0.2) is 40.9 Å². The topological polar surface area (TPSA) is 58.6 Å². The van der Waals surface area contributed by atoms with Crippen molar-refractivity contribution in [3.63, 3.8) is 0 Å². The van der Waals surface area contributed by atoms with Crippen LogP contribution in [0.4, 0.5) is 0 Å². The molecule has 0 spiro atoms. The summed E-state index contributed by atoms with van der Waals surface area (Å²) in [7, 11) is 0. The molecular weight excluding hydrogens is 539 g/mol. The molecule has 2 amide bonds. The quantitative estimate of drug-likeness (QED) is 0.316. The average molecular weight is 572 g/mol. The van der Waals surface area contributed by atoms with Crippen LogP contribution >= 0.6 is 39.1 Å². The molecule has 0 radical (unpaired) electrons. The van der Waals surface area contributed by atoms with Gasteiger partial charge in [-0.2, -0.15) is 0 Å². The van der Waals surface area contributed by atoms with Gasteiger partial charge in [0.05, 0.1) is 14.5 Å². The Kier molecular flexibility index (Phi) is 11.2. The maximum absolute atomic E-state index is 13.4. The summed E-state index contributed by atoms with van der Waals surface area (Å²) in [5, 5.41) is 3.82. The van der Waals surface area contributed by atoms with Gasteiger partial charge in [0.15, 0.2) is 6.61 Å². The first-order chi connectivity index (χ1) is 16.1. The van der Waals surface area contributed by atoms with E-state index in [1.807, 2.05) is 39.0 Å². The lowest BCUT2D eigenvalue weighted by atomic mass is 10.0. The highest BCUT2D eigenvalue weighted by molar-refractivity contribution is 9.10. The second-order valence-corrected chi connectivity index (χ2v) is 10.3. The average Bonchev–Trinajstić information content (AvgIpc) is 2.79. The van der Waals surface area contributed by atoms with Gasteiger partial charge in [0.1, 0.15) is 11.8 Å². The van der Waals surface area contributed by atoms with Crippen LogP contribution in [-0.2, 0) is 16.1 Å². The van der Waals surface area contributed by atoms with Crippen LogP contribution < -0.4 is 10.1 Å². The molecular formula is C26H33BrCl2N2O3. The van der Waals surface area contributed by atoms with Crippen molar-refractivity contribution in [1.82, 2.24) is 10.2 Å². The summed E-state index contributed by atoms with van der Waals surface area (Å²) in [5.41, 5.74) is 1.94. The van der Waals surface area contributed by atoms with E-state index < -0.39 is 6.04 Å². The van der Waals surface area contributed by atoms with Gasteiger partial charge in [-0.15, -0.1) is 0 Å². The number of nitrogens with one attached hydrogen (secondary N) is 1. The second kappa shape index (κ2) is 13.4. The number of halogens is 3. The van der Waals surface area contributed by atoms with Crippen molar-refractivity contribution in [3.05, 3.63) is 62.0 Å². The molecule has 0 aliphatic rings. The number of carbonyl (C=O) groups is 2. The van der Waals surface area contributed by atoms with Crippen LogP contribution in [0.3, 0.4) is 0 Å². The van der Waals surface area contributed by atoms with Crippen LogP contribution in [0.25, 0.3) is 0 Å². The van der Waals surface area contributed by atoms with Crippen LogP contribution in [0.5, 0.6) is 5.75 Å². The van der Waals surface area contributed by atoms with E-state index in [0.717, 1.165) is 16.5 Å². The van der Waals surface area contributed by atoms with Crippen LogP contribution in [0.1, 0.15) is 64.5 Å². The molecule has 2 aromatic carbocycles. The molecule has 0 bridgehead atoms. The molecule has 5 nitrogen and oxygen atoms in total. The van der Waals surface area contributed by atoms with Gasteiger partial charge in [0.25, 0.3) is 5.91 Å². The molecule has 2 unspecified atom stereocenters. The van der Waals surface area contributed by atoms with E-state index in [1.165, 1.54) is 5.56 Å². The predicted octanol–water partition coefficient (Wildman–Crippen LogP) is 6.98. The molecule has 2 atom stereocenters. The number of amides is 2. The Balaban J connectivity index is 2.26. The minimum absolute atomic E-state index is 0.00940. The summed E-state index contributed by atoms with van der Waals surface area (Å²) < 4.78 is 6.64. The number of rotatable bonds is 11. The van der Waals surface area contributed by atoms with E-state index in [0.29, 0.717) is 28.1 Å². The Morgan fingerprint density at radius 2 is 1.74 bits per heavy atom. The third kappa shape index (κ3) is 7.89. The molecule has 2 aromatic rings. The van der Waals surface area contributed by atoms with E-state index in [1.54, 1.807) is 23.1 Å². The molecule has 0 aliphatic heterocycles. The van der Waals surface area contributed by atoms with E-state index in [9.17, 15) is 9.59 Å². The minimum atomic E-state index is -0.647. The largest absolute Gasteiger partial charge is 0.483 e. The third-order valence-electron chi connectivity index (χ3n) is 5.70. The van der Waals surface area contributed by atoms with Gasteiger partial charge in [-0.1, -0.05) is 63.0 Å². The van der Waals surface area contributed by atoms with Gasteiger partial charge < -0.3 is 15.0 Å². The third-order valence-corrected chi connectivity index (χ3v) is 7.06. The summed E-state index contributed by atoms with van der Waals surface area (Å²) in [6.07, 6.45) is 1.26. The standard InChI is InChI=1S/C26H33BrCl2N2O3/c1-6-17(5)30-26(33)23(7-2)31(14-18-8-10-21(28)22(29)12-18)25(32)15-34-24-11-9-19(16(3)4)13-20(24)27/h8-13,16-17,23H,6-7,14-15H2,1-5H3,(H,30,33). The van der Waals surface area contributed by atoms with E-state index in [-0.39, 0.29) is 31.0 Å². The summed E-state index contributed by atoms with van der Waals surface area (Å²) in [6, 6.07) is 10.4. The summed E-state index contributed by atoms with van der Waals surface area (Å²) in [4.78, 5) is 27.9. The van der Waals surface area contributed by atoms with Crippen molar-refractivity contribution in [2.45, 2.75) is 72.0 Å². The lowest BCUT2D eigenvalue weighted by Gasteiger charge is -2.31. The molecule has 0 aliphatic carbocycles. The highest BCUT2D eigenvalue weighted by Gasteiger charge is 2.29. The molecule has 0 saturated heterocycles. The summed E-state index contributed by atoms with van der Waals surface area (Å²) in [5.74, 6) is 0.470. The Bertz CT molecular complexity index is 1000.